The van der Waals surface area contributed by atoms with Crippen LogP contribution in [0.2, 0.25) is 0 Å². The topological polar surface area (TPSA) is 9.23 Å². The van der Waals surface area contributed by atoms with Crippen molar-refractivity contribution in [2.24, 2.45) is 0 Å². The van der Waals surface area contributed by atoms with E-state index in [4.69, 9.17) is 4.74 Å². The van der Waals surface area contributed by atoms with Gasteiger partial charge in [0.15, 0.2) is 0 Å². The Morgan fingerprint density at radius 1 is 0.867 bits per heavy atom. The molecule has 1 nitrogen and oxygen atoms in total. The van der Waals surface area contributed by atoms with Crippen LogP contribution in [0.5, 0.6) is 5.75 Å². The molecule has 0 N–H and O–H groups in total. The lowest BCUT2D eigenvalue weighted by atomic mass is 10.1. The second-order valence-corrected chi connectivity index (χ2v) is 3.93. The molecule has 0 bridgehead atoms. The van der Waals surface area contributed by atoms with Gasteiger partial charge in [0.05, 0.1) is 6.61 Å². The van der Waals surface area contributed by atoms with Crippen molar-refractivity contribution in [2.45, 2.75) is 45.4 Å². The molecule has 0 unspecified atom stereocenters. The maximum atomic E-state index is 5.61. The molecule has 0 saturated carbocycles. The van der Waals surface area contributed by atoms with Crippen molar-refractivity contribution >= 4 is 0 Å². The number of rotatable bonds is 8. The lowest BCUT2D eigenvalue weighted by molar-refractivity contribution is 0.304. The fourth-order valence-electron chi connectivity index (χ4n) is 1.59. The zero-order valence-corrected chi connectivity index (χ0v) is 9.74. The van der Waals surface area contributed by atoms with Gasteiger partial charge in [-0.15, -0.1) is 0 Å². The summed E-state index contributed by atoms with van der Waals surface area (Å²) in [6, 6.07) is 10.1. The van der Waals surface area contributed by atoms with Crippen LogP contribution >= 0.6 is 0 Å². The normalized spacial score (nSPS) is 10.2. The molecule has 0 aromatic heterocycles. The number of hydrogen-bond acceptors (Lipinski definition) is 1. The Labute approximate surface area is 93.5 Å². The van der Waals surface area contributed by atoms with E-state index in [1.165, 1.54) is 38.5 Å². The molecule has 0 atom stereocenters. The maximum Gasteiger partial charge on any atom is 0.119 e. The quantitative estimate of drug-likeness (QED) is 0.572. The maximum absolute atomic E-state index is 5.61. The van der Waals surface area contributed by atoms with Crippen LogP contribution in [-0.2, 0) is 0 Å². The molecule has 0 heterocycles. The second-order valence-electron chi connectivity index (χ2n) is 3.93. The van der Waals surface area contributed by atoms with Crippen LogP contribution in [0.4, 0.5) is 0 Å². The monoisotopic (exact) mass is 206 g/mol. The third kappa shape index (κ3) is 6.16. The van der Waals surface area contributed by atoms with Crippen LogP contribution in [0.3, 0.4) is 0 Å². The van der Waals surface area contributed by atoms with Crippen molar-refractivity contribution in [3.8, 4) is 5.75 Å². The van der Waals surface area contributed by atoms with E-state index in [1.807, 2.05) is 30.3 Å². The van der Waals surface area contributed by atoms with E-state index in [1.54, 1.807) is 0 Å². The largest absolute Gasteiger partial charge is 0.494 e. The van der Waals surface area contributed by atoms with Gasteiger partial charge in [-0.1, -0.05) is 57.2 Å². The molecular formula is C14H22O. The molecule has 0 aliphatic carbocycles. The smallest absolute Gasteiger partial charge is 0.119 e. The molecule has 0 aliphatic rings. The summed E-state index contributed by atoms with van der Waals surface area (Å²) in [6.45, 7) is 3.11. The molecule has 0 spiro atoms. The molecule has 1 aromatic carbocycles. The molecule has 0 saturated heterocycles. The summed E-state index contributed by atoms with van der Waals surface area (Å²) in [5, 5.41) is 0. The lowest BCUT2D eigenvalue weighted by Crippen LogP contribution is -1.96. The van der Waals surface area contributed by atoms with Crippen LogP contribution in [0.15, 0.2) is 30.3 Å². The number of unbranched alkanes of at least 4 members (excludes halogenated alkanes) is 5. The summed E-state index contributed by atoms with van der Waals surface area (Å²) in [4.78, 5) is 0. The first-order valence-electron chi connectivity index (χ1n) is 6.11. The lowest BCUT2D eigenvalue weighted by Gasteiger charge is -2.05. The minimum Gasteiger partial charge on any atom is -0.494 e. The molecule has 15 heavy (non-hydrogen) atoms. The predicted molar refractivity (Wildman–Crippen MR) is 65.3 cm³/mol. The van der Waals surface area contributed by atoms with Gasteiger partial charge in [0, 0.05) is 0 Å². The Morgan fingerprint density at radius 3 is 2.27 bits per heavy atom. The number of para-hydroxylation sites is 1. The minimum absolute atomic E-state index is 0.857. The fraction of sp³-hybridized carbons (Fsp3) is 0.571. The fourth-order valence-corrected chi connectivity index (χ4v) is 1.59. The third-order valence-electron chi connectivity index (χ3n) is 2.51. The molecule has 84 valence electrons. The first kappa shape index (κ1) is 12.1. The van der Waals surface area contributed by atoms with Gasteiger partial charge < -0.3 is 4.74 Å². The predicted octanol–water partition coefficient (Wildman–Crippen LogP) is 4.43. The Hall–Kier alpha value is -0.980. The molecule has 0 fully saturated rings. The average molecular weight is 206 g/mol. The van der Waals surface area contributed by atoms with E-state index in [-0.39, 0.29) is 0 Å². The summed E-state index contributed by atoms with van der Waals surface area (Å²) < 4.78 is 5.61. The zero-order valence-electron chi connectivity index (χ0n) is 9.74. The van der Waals surface area contributed by atoms with Gasteiger partial charge in [-0.2, -0.15) is 0 Å². The molecule has 1 heteroatoms. The van der Waals surface area contributed by atoms with E-state index >= 15 is 0 Å². The number of benzene rings is 1. The summed E-state index contributed by atoms with van der Waals surface area (Å²) in [5.41, 5.74) is 0. The Balaban J connectivity index is 1.93. The Bertz CT molecular complexity index is 230. The highest BCUT2D eigenvalue weighted by Gasteiger charge is 1.92. The van der Waals surface area contributed by atoms with Crippen molar-refractivity contribution in [2.75, 3.05) is 6.61 Å². The third-order valence-corrected chi connectivity index (χ3v) is 2.51. The van der Waals surface area contributed by atoms with E-state index in [0.29, 0.717) is 0 Å². The Kier molecular flexibility index (Phi) is 6.72. The number of hydrogen-bond donors (Lipinski definition) is 0. The minimum atomic E-state index is 0.857. The highest BCUT2D eigenvalue weighted by Crippen LogP contribution is 2.10. The van der Waals surface area contributed by atoms with Crippen LogP contribution in [0.25, 0.3) is 0 Å². The van der Waals surface area contributed by atoms with Gasteiger partial charge in [0.1, 0.15) is 5.75 Å². The van der Waals surface area contributed by atoms with Crippen LogP contribution in [0, 0.1) is 0 Å². The van der Waals surface area contributed by atoms with E-state index in [0.717, 1.165) is 12.4 Å². The van der Waals surface area contributed by atoms with E-state index < -0.39 is 0 Å². The molecular weight excluding hydrogens is 184 g/mol. The van der Waals surface area contributed by atoms with Gasteiger partial charge in [0.25, 0.3) is 0 Å². The van der Waals surface area contributed by atoms with Gasteiger partial charge in [-0.25, -0.2) is 0 Å². The summed E-state index contributed by atoms with van der Waals surface area (Å²) in [7, 11) is 0. The van der Waals surface area contributed by atoms with Gasteiger partial charge in [-0.3, -0.25) is 0 Å². The molecule has 0 aliphatic heterocycles. The van der Waals surface area contributed by atoms with Gasteiger partial charge >= 0.3 is 0 Å². The standard InChI is InChI=1S/C14H22O/c1-2-3-4-5-6-10-13-15-14-11-8-7-9-12-14/h7-9,11-12H,2-6,10,13H2,1H3. The van der Waals surface area contributed by atoms with Crippen molar-refractivity contribution in [1.29, 1.82) is 0 Å². The first-order chi connectivity index (χ1) is 7.43. The SMILES string of the molecule is CCCCCCCCOc1ccccc1. The van der Waals surface area contributed by atoms with Crippen LogP contribution < -0.4 is 4.74 Å². The zero-order chi connectivity index (χ0) is 10.8. The number of ether oxygens (including phenoxy) is 1. The van der Waals surface area contributed by atoms with Crippen LogP contribution in [-0.4, -0.2) is 6.61 Å². The second kappa shape index (κ2) is 8.34. The Morgan fingerprint density at radius 2 is 1.53 bits per heavy atom. The van der Waals surface area contributed by atoms with Gasteiger partial charge in [0.2, 0.25) is 0 Å². The molecule has 1 aromatic rings. The van der Waals surface area contributed by atoms with Crippen molar-refractivity contribution in [3.05, 3.63) is 30.3 Å². The summed E-state index contributed by atoms with van der Waals surface area (Å²) in [5.74, 6) is 0.992. The van der Waals surface area contributed by atoms with Crippen LogP contribution in [0.1, 0.15) is 45.4 Å². The molecule has 0 radical (unpaired) electrons. The van der Waals surface area contributed by atoms with Gasteiger partial charge in [-0.05, 0) is 18.6 Å². The van der Waals surface area contributed by atoms with Crippen molar-refractivity contribution in [3.63, 3.8) is 0 Å². The van der Waals surface area contributed by atoms with Crippen molar-refractivity contribution in [1.82, 2.24) is 0 Å². The first-order valence-corrected chi connectivity index (χ1v) is 6.11. The summed E-state index contributed by atoms with van der Waals surface area (Å²) >= 11 is 0. The molecule has 0 amide bonds. The highest BCUT2D eigenvalue weighted by atomic mass is 16.5. The van der Waals surface area contributed by atoms with E-state index in [2.05, 4.69) is 6.92 Å². The average Bonchev–Trinajstić information content (AvgIpc) is 2.29. The van der Waals surface area contributed by atoms with E-state index in [9.17, 15) is 0 Å². The highest BCUT2D eigenvalue weighted by molar-refractivity contribution is 5.20. The summed E-state index contributed by atoms with van der Waals surface area (Å²) in [6.07, 6.45) is 7.90. The molecule has 1 rings (SSSR count). The van der Waals surface area contributed by atoms with Crippen molar-refractivity contribution < 1.29 is 4.74 Å².